The average molecular weight is 253 g/mol. The smallest absolute Gasteiger partial charge is 0.244 e. The van der Waals surface area contributed by atoms with Crippen LogP contribution in [0.5, 0.6) is 0 Å². The van der Waals surface area contributed by atoms with Crippen LogP contribution in [0.25, 0.3) is 6.08 Å². The lowest BCUT2D eigenvalue weighted by Crippen LogP contribution is -2.30. The van der Waals surface area contributed by atoms with E-state index in [4.69, 9.17) is 17.3 Å². The number of hydrogen-bond acceptors (Lipinski definition) is 2. The number of hydrogen-bond donors (Lipinski definition) is 2. The Labute approximate surface area is 107 Å². The summed E-state index contributed by atoms with van der Waals surface area (Å²) in [6.45, 7) is 3.99. The number of halogens is 1. The summed E-state index contributed by atoms with van der Waals surface area (Å²) in [5, 5.41) is 3.36. The lowest BCUT2D eigenvalue weighted by atomic mass is 10.2. The first kappa shape index (κ1) is 13.6. The van der Waals surface area contributed by atoms with Crippen LogP contribution in [0.15, 0.2) is 24.3 Å². The highest BCUT2D eigenvalue weighted by Gasteiger charge is 2.01. The fraction of sp³-hybridized carbons (Fsp3) is 0.308. The molecule has 0 spiro atoms. The van der Waals surface area contributed by atoms with Gasteiger partial charge in [0.15, 0.2) is 0 Å². The first-order chi connectivity index (χ1) is 8.02. The number of anilines is 1. The van der Waals surface area contributed by atoms with Crippen molar-refractivity contribution in [3.05, 3.63) is 34.9 Å². The van der Waals surface area contributed by atoms with Crippen molar-refractivity contribution in [2.45, 2.75) is 26.3 Å². The number of carbonyl (C=O) groups is 1. The van der Waals surface area contributed by atoms with E-state index in [0.717, 1.165) is 12.0 Å². The monoisotopic (exact) mass is 252 g/mol. The van der Waals surface area contributed by atoms with Crippen molar-refractivity contribution in [2.24, 2.45) is 0 Å². The first-order valence-electron chi connectivity index (χ1n) is 5.56. The number of benzene rings is 1. The fourth-order valence-corrected chi connectivity index (χ4v) is 1.35. The van der Waals surface area contributed by atoms with Crippen LogP contribution in [0.1, 0.15) is 25.8 Å². The Balaban J connectivity index is 2.64. The van der Waals surface area contributed by atoms with E-state index in [0.29, 0.717) is 10.7 Å². The Morgan fingerprint density at radius 3 is 2.88 bits per heavy atom. The van der Waals surface area contributed by atoms with E-state index in [1.165, 1.54) is 6.08 Å². The SMILES string of the molecule is CCC(C)NC(=O)/C=C/c1ccc(Cl)c(N)c1. The standard InChI is InChI=1S/C13H17ClN2O/c1-3-9(2)16-13(17)7-5-10-4-6-11(14)12(15)8-10/h4-9H,3,15H2,1-2H3,(H,16,17)/b7-5+. The molecule has 1 aromatic carbocycles. The third-order valence-electron chi connectivity index (χ3n) is 2.45. The van der Waals surface area contributed by atoms with Gasteiger partial charge in [-0.15, -0.1) is 0 Å². The van der Waals surface area contributed by atoms with Gasteiger partial charge in [-0.2, -0.15) is 0 Å². The van der Waals surface area contributed by atoms with Crippen molar-refractivity contribution in [1.82, 2.24) is 5.32 Å². The second-order valence-electron chi connectivity index (χ2n) is 3.93. The molecule has 1 aromatic rings. The minimum absolute atomic E-state index is 0.104. The zero-order valence-corrected chi connectivity index (χ0v) is 10.8. The quantitative estimate of drug-likeness (QED) is 0.640. The van der Waals surface area contributed by atoms with E-state index in [-0.39, 0.29) is 11.9 Å². The number of nitrogens with one attached hydrogen (secondary N) is 1. The van der Waals surface area contributed by atoms with Crippen molar-refractivity contribution >= 4 is 29.3 Å². The van der Waals surface area contributed by atoms with E-state index >= 15 is 0 Å². The van der Waals surface area contributed by atoms with Gasteiger partial charge in [0.1, 0.15) is 0 Å². The third kappa shape index (κ3) is 4.49. The lowest BCUT2D eigenvalue weighted by Gasteiger charge is -2.08. The van der Waals surface area contributed by atoms with Gasteiger partial charge in [0.2, 0.25) is 5.91 Å². The van der Waals surface area contributed by atoms with Gasteiger partial charge in [0.25, 0.3) is 0 Å². The maximum absolute atomic E-state index is 11.5. The minimum Gasteiger partial charge on any atom is -0.398 e. The average Bonchev–Trinajstić information content (AvgIpc) is 2.30. The van der Waals surface area contributed by atoms with Crippen LogP contribution < -0.4 is 11.1 Å². The highest BCUT2D eigenvalue weighted by molar-refractivity contribution is 6.33. The van der Waals surface area contributed by atoms with Crippen molar-refractivity contribution < 1.29 is 4.79 Å². The van der Waals surface area contributed by atoms with Gasteiger partial charge in [-0.05, 0) is 37.1 Å². The number of carbonyl (C=O) groups excluding carboxylic acids is 1. The summed E-state index contributed by atoms with van der Waals surface area (Å²) < 4.78 is 0. The molecule has 0 fully saturated rings. The van der Waals surface area contributed by atoms with E-state index in [1.807, 2.05) is 19.9 Å². The molecule has 4 heteroatoms. The summed E-state index contributed by atoms with van der Waals surface area (Å²) in [7, 11) is 0. The van der Waals surface area contributed by atoms with Crippen molar-refractivity contribution in [3.8, 4) is 0 Å². The summed E-state index contributed by atoms with van der Waals surface area (Å²) in [4.78, 5) is 11.5. The summed E-state index contributed by atoms with van der Waals surface area (Å²) >= 11 is 5.80. The molecule has 17 heavy (non-hydrogen) atoms. The van der Waals surface area contributed by atoms with Gasteiger partial charge in [-0.25, -0.2) is 0 Å². The maximum atomic E-state index is 11.5. The summed E-state index contributed by atoms with van der Waals surface area (Å²) in [6, 6.07) is 5.44. The molecule has 0 radical (unpaired) electrons. The number of amides is 1. The van der Waals surface area contributed by atoms with Gasteiger partial charge in [0, 0.05) is 12.1 Å². The molecule has 0 aliphatic heterocycles. The molecule has 0 aliphatic rings. The van der Waals surface area contributed by atoms with Crippen LogP contribution >= 0.6 is 11.6 Å². The molecule has 0 aromatic heterocycles. The Morgan fingerprint density at radius 2 is 2.29 bits per heavy atom. The molecule has 0 saturated carbocycles. The van der Waals surface area contributed by atoms with Gasteiger partial charge in [-0.3, -0.25) is 4.79 Å². The Hall–Kier alpha value is -1.48. The number of nitrogen functional groups attached to an aromatic ring is 1. The Bertz CT molecular complexity index is 429. The molecule has 92 valence electrons. The van der Waals surface area contributed by atoms with Crippen molar-refractivity contribution in [1.29, 1.82) is 0 Å². The number of nitrogens with two attached hydrogens (primary N) is 1. The van der Waals surface area contributed by atoms with E-state index < -0.39 is 0 Å². The molecule has 0 aliphatic carbocycles. The second-order valence-corrected chi connectivity index (χ2v) is 4.34. The minimum atomic E-state index is -0.104. The number of rotatable bonds is 4. The fourth-order valence-electron chi connectivity index (χ4n) is 1.23. The summed E-state index contributed by atoms with van der Waals surface area (Å²) in [5.74, 6) is -0.104. The topological polar surface area (TPSA) is 55.1 Å². The predicted molar refractivity (Wildman–Crippen MR) is 72.8 cm³/mol. The van der Waals surface area contributed by atoms with E-state index in [1.54, 1.807) is 18.2 Å². The summed E-state index contributed by atoms with van der Waals surface area (Å²) in [6.07, 6.45) is 4.12. The van der Waals surface area contributed by atoms with Crippen LogP contribution in [0.4, 0.5) is 5.69 Å². The molecule has 1 atom stereocenters. The molecule has 3 N–H and O–H groups in total. The Kier molecular flexibility index (Phi) is 5.04. The maximum Gasteiger partial charge on any atom is 0.244 e. The van der Waals surface area contributed by atoms with Gasteiger partial charge in [-0.1, -0.05) is 24.6 Å². The highest BCUT2D eigenvalue weighted by Crippen LogP contribution is 2.19. The normalized spacial score (nSPS) is 12.6. The van der Waals surface area contributed by atoms with E-state index in [9.17, 15) is 4.79 Å². The molecule has 3 nitrogen and oxygen atoms in total. The molecule has 0 saturated heterocycles. The van der Waals surface area contributed by atoms with Gasteiger partial charge >= 0.3 is 0 Å². The van der Waals surface area contributed by atoms with Crippen LogP contribution in [-0.2, 0) is 4.79 Å². The first-order valence-corrected chi connectivity index (χ1v) is 5.94. The molecular formula is C13H17ClN2O. The second kappa shape index (κ2) is 6.30. The lowest BCUT2D eigenvalue weighted by molar-refractivity contribution is -0.117. The zero-order chi connectivity index (χ0) is 12.8. The molecule has 1 rings (SSSR count). The van der Waals surface area contributed by atoms with E-state index in [2.05, 4.69) is 5.32 Å². The van der Waals surface area contributed by atoms with Crippen LogP contribution in [0, 0.1) is 0 Å². The van der Waals surface area contributed by atoms with Crippen LogP contribution in [0.2, 0.25) is 5.02 Å². The molecular weight excluding hydrogens is 236 g/mol. The summed E-state index contributed by atoms with van der Waals surface area (Å²) in [5.41, 5.74) is 7.03. The van der Waals surface area contributed by atoms with Crippen LogP contribution in [0.3, 0.4) is 0 Å². The Morgan fingerprint density at radius 1 is 1.59 bits per heavy atom. The van der Waals surface area contributed by atoms with Gasteiger partial charge in [0.05, 0.1) is 10.7 Å². The zero-order valence-electron chi connectivity index (χ0n) is 10.0. The third-order valence-corrected chi connectivity index (χ3v) is 2.79. The molecule has 1 amide bonds. The van der Waals surface area contributed by atoms with Gasteiger partial charge < -0.3 is 11.1 Å². The molecule has 0 bridgehead atoms. The van der Waals surface area contributed by atoms with Crippen LogP contribution in [-0.4, -0.2) is 11.9 Å². The molecule has 0 heterocycles. The largest absolute Gasteiger partial charge is 0.398 e. The van der Waals surface area contributed by atoms with Crippen molar-refractivity contribution in [2.75, 3.05) is 5.73 Å². The highest BCUT2D eigenvalue weighted by atomic mass is 35.5. The van der Waals surface area contributed by atoms with Crippen molar-refractivity contribution in [3.63, 3.8) is 0 Å². The predicted octanol–water partition coefficient (Wildman–Crippen LogP) is 2.85. The molecule has 1 unspecified atom stereocenters.